The van der Waals surface area contributed by atoms with E-state index in [0.29, 0.717) is 0 Å². The van der Waals surface area contributed by atoms with Gasteiger partial charge in [-0.15, -0.1) is 0 Å². The van der Waals surface area contributed by atoms with Gasteiger partial charge in [0.2, 0.25) is 0 Å². The van der Waals surface area contributed by atoms with Gasteiger partial charge in [-0.25, -0.2) is 0 Å². The molecule has 0 aliphatic rings. The molecule has 0 aromatic heterocycles. The summed E-state index contributed by atoms with van der Waals surface area (Å²) in [5.74, 6) is 0. The van der Waals surface area contributed by atoms with Crippen molar-refractivity contribution in [2.24, 2.45) is 0 Å². The van der Waals surface area contributed by atoms with Crippen molar-refractivity contribution < 1.29 is 12.6 Å². The topological polar surface area (TPSA) is 43.4 Å². The number of fused-ring (bicyclic) bond motifs is 1. The first kappa shape index (κ1) is 24.6. The zero-order valence-electron chi connectivity index (χ0n) is 16.0. The molecule has 0 saturated carbocycles. The second-order valence-corrected chi connectivity index (χ2v) is 8.52. The van der Waals surface area contributed by atoms with E-state index in [1.807, 2.05) is 30.3 Å². The second-order valence-electron chi connectivity index (χ2n) is 6.94. The molecule has 3 nitrogen and oxygen atoms in total. The predicted octanol–water partition coefficient (Wildman–Crippen LogP) is 5.82. The van der Waals surface area contributed by atoms with Crippen LogP contribution in [0.5, 0.6) is 0 Å². The molecule has 0 saturated heterocycles. The first-order chi connectivity index (χ1) is 12.6. The molecule has 0 spiro atoms. The maximum atomic E-state index is 12.5. The Morgan fingerprint density at radius 2 is 1.30 bits per heavy atom. The maximum absolute atomic E-state index is 12.5. The fourth-order valence-electron chi connectivity index (χ4n) is 3.24. The second kappa shape index (κ2) is 13.7. The summed E-state index contributed by atoms with van der Waals surface area (Å²) in [6.45, 7) is 2.50. The number of rotatable bonds is 13. The van der Waals surface area contributed by atoms with E-state index in [1.165, 1.54) is 44.9 Å². The van der Waals surface area contributed by atoms with Gasteiger partial charge in [-0.1, -0.05) is 101 Å². The van der Waals surface area contributed by atoms with Crippen LogP contribution in [0, 0.1) is 0 Å². The molecule has 0 amide bonds. The van der Waals surface area contributed by atoms with Crippen molar-refractivity contribution in [2.45, 2.75) is 76.0 Å². The van der Waals surface area contributed by atoms with Gasteiger partial charge in [0, 0.05) is 5.39 Å². The summed E-state index contributed by atoms with van der Waals surface area (Å²) in [5.41, 5.74) is 0. The monoisotopic (exact) mass is 400 g/mol. The standard InChI is InChI=1S/C22H32O3S.Na.H/c1-2-3-4-5-6-7-8-9-10-13-19-25-26(23,24)22-18-14-16-20-15-11-12-17-21(20)22;;/h11-12,14-18H,2-10,13,19H2,1H3;;. The minimum atomic E-state index is -3.70. The van der Waals surface area contributed by atoms with Crippen LogP contribution in [0.1, 0.15) is 71.1 Å². The molecular weight excluding hydrogens is 367 g/mol. The summed E-state index contributed by atoms with van der Waals surface area (Å²) in [6, 6.07) is 12.8. The Labute approximate surface area is 187 Å². The van der Waals surface area contributed by atoms with Crippen LogP contribution in [0.3, 0.4) is 0 Å². The van der Waals surface area contributed by atoms with Crippen molar-refractivity contribution in [3.05, 3.63) is 42.5 Å². The molecule has 0 N–H and O–H groups in total. The summed E-state index contributed by atoms with van der Waals surface area (Å²) in [5, 5.41) is 1.63. The number of hydrogen-bond acceptors (Lipinski definition) is 3. The molecule has 0 heterocycles. The summed E-state index contributed by atoms with van der Waals surface area (Å²) >= 11 is 0. The quantitative estimate of drug-likeness (QED) is 0.242. The molecule has 0 fully saturated rings. The molecule has 2 aromatic carbocycles. The third kappa shape index (κ3) is 8.66. The van der Waals surface area contributed by atoms with Crippen LogP contribution < -0.4 is 0 Å². The van der Waals surface area contributed by atoms with Crippen molar-refractivity contribution in [2.75, 3.05) is 6.61 Å². The third-order valence-electron chi connectivity index (χ3n) is 4.76. The van der Waals surface area contributed by atoms with Gasteiger partial charge in [-0.05, 0) is 17.9 Å². The molecule has 0 unspecified atom stereocenters. The summed E-state index contributed by atoms with van der Waals surface area (Å²) in [6.07, 6.45) is 12.2. The number of benzene rings is 2. The van der Waals surface area contributed by atoms with Gasteiger partial charge in [0.05, 0.1) is 6.61 Å². The fraction of sp³-hybridized carbons (Fsp3) is 0.545. The molecule has 2 aromatic rings. The third-order valence-corrected chi connectivity index (χ3v) is 6.13. The van der Waals surface area contributed by atoms with Gasteiger partial charge < -0.3 is 0 Å². The van der Waals surface area contributed by atoms with Crippen LogP contribution in [-0.2, 0) is 14.3 Å². The van der Waals surface area contributed by atoms with E-state index in [0.717, 1.165) is 30.0 Å². The van der Waals surface area contributed by atoms with Crippen molar-refractivity contribution in [3.63, 3.8) is 0 Å². The van der Waals surface area contributed by atoms with Crippen LogP contribution in [0.2, 0.25) is 0 Å². The van der Waals surface area contributed by atoms with Crippen LogP contribution >= 0.6 is 0 Å². The number of unbranched alkanes of at least 4 members (excludes halogenated alkanes) is 9. The molecule has 2 rings (SSSR count). The normalized spacial score (nSPS) is 11.4. The molecule has 0 aliphatic heterocycles. The molecule has 146 valence electrons. The van der Waals surface area contributed by atoms with Crippen LogP contribution in [0.25, 0.3) is 10.8 Å². The minimum absolute atomic E-state index is 0. The van der Waals surface area contributed by atoms with Crippen molar-refractivity contribution >= 4 is 50.4 Å². The molecule has 0 aliphatic carbocycles. The van der Waals surface area contributed by atoms with Gasteiger partial charge >= 0.3 is 29.6 Å². The van der Waals surface area contributed by atoms with Crippen LogP contribution in [0.15, 0.2) is 47.4 Å². The molecule has 0 atom stereocenters. The first-order valence-electron chi connectivity index (χ1n) is 10.0. The van der Waals surface area contributed by atoms with Crippen molar-refractivity contribution in [3.8, 4) is 0 Å². The van der Waals surface area contributed by atoms with E-state index < -0.39 is 10.1 Å². The van der Waals surface area contributed by atoms with Gasteiger partial charge in [-0.3, -0.25) is 4.18 Å². The number of hydrogen-bond donors (Lipinski definition) is 0. The van der Waals surface area contributed by atoms with Gasteiger partial charge in [0.25, 0.3) is 10.1 Å². The average molecular weight is 401 g/mol. The van der Waals surface area contributed by atoms with E-state index in [2.05, 4.69) is 6.92 Å². The van der Waals surface area contributed by atoms with Gasteiger partial charge in [-0.2, -0.15) is 8.42 Å². The Balaban J connectivity index is 0.00000364. The molecule has 0 bridgehead atoms. The molecular formula is C22H33NaO3S. The molecule has 0 radical (unpaired) electrons. The molecule has 5 heteroatoms. The molecule has 27 heavy (non-hydrogen) atoms. The summed E-state index contributed by atoms with van der Waals surface area (Å²) in [4.78, 5) is 0.266. The van der Waals surface area contributed by atoms with E-state index in [9.17, 15) is 8.42 Å². The van der Waals surface area contributed by atoms with E-state index in [-0.39, 0.29) is 41.1 Å². The van der Waals surface area contributed by atoms with E-state index in [4.69, 9.17) is 4.18 Å². The SMILES string of the molecule is CCCCCCCCCCCCOS(=O)(=O)c1cccc2ccccc12.[NaH]. The Kier molecular flexibility index (Phi) is 12.5. The Hall–Kier alpha value is -0.390. The van der Waals surface area contributed by atoms with Crippen molar-refractivity contribution in [1.82, 2.24) is 0 Å². The van der Waals surface area contributed by atoms with E-state index in [1.54, 1.807) is 12.1 Å². The fourth-order valence-corrected chi connectivity index (χ4v) is 4.40. The van der Waals surface area contributed by atoms with Crippen molar-refractivity contribution in [1.29, 1.82) is 0 Å². The summed E-state index contributed by atoms with van der Waals surface area (Å²) < 4.78 is 30.2. The van der Waals surface area contributed by atoms with Gasteiger partial charge in [0.15, 0.2) is 0 Å². The Morgan fingerprint density at radius 1 is 0.741 bits per heavy atom. The van der Waals surface area contributed by atoms with Crippen LogP contribution in [0.4, 0.5) is 0 Å². The Morgan fingerprint density at radius 3 is 1.96 bits per heavy atom. The summed E-state index contributed by atoms with van der Waals surface area (Å²) in [7, 11) is -3.70. The van der Waals surface area contributed by atoms with Gasteiger partial charge in [0.1, 0.15) is 4.90 Å². The predicted molar refractivity (Wildman–Crippen MR) is 116 cm³/mol. The van der Waals surface area contributed by atoms with Crippen LogP contribution in [-0.4, -0.2) is 44.6 Å². The first-order valence-corrected chi connectivity index (χ1v) is 11.4. The zero-order chi connectivity index (χ0) is 18.7. The average Bonchev–Trinajstić information content (AvgIpc) is 2.65. The Bertz CT molecular complexity index is 754. The van der Waals surface area contributed by atoms with E-state index >= 15 is 0 Å². The zero-order valence-corrected chi connectivity index (χ0v) is 16.8.